The third-order valence-electron chi connectivity index (χ3n) is 3.06. The van der Waals surface area contributed by atoms with Crippen molar-refractivity contribution in [3.05, 3.63) is 47.9 Å². The maximum absolute atomic E-state index is 12.1. The SMILES string of the molecule is Cc1ccc(NC(=O)c2cnc(NCCN(C)C)cn2)cc1. The molecular weight excluding hydrogens is 278 g/mol. The van der Waals surface area contributed by atoms with Gasteiger partial charge in [0.05, 0.1) is 12.4 Å². The number of aromatic nitrogens is 2. The van der Waals surface area contributed by atoms with Crippen LogP contribution < -0.4 is 10.6 Å². The fourth-order valence-electron chi connectivity index (χ4n) is 1.78. The first-order chi connectivity index (χ1) is 10.5. The quantitative estimate of drug-likeness (QED) is 0.854. The lowest BCUT2D eigenvalue weighted by atomic mass is 10.2. The number of benzene rings is 1. The number of nitrogens with zero attached hydrogens (tertiary/aromatic N) is 3. The molecule has 0 radical (unpaired) electrons. The van der Waals surface area contributed by atoms with Gasteiger partial charge in [-0.3, -0.25) is 4.79 Å². The van der Waals surface area contributed by atoms with Crippen molar-refractivity contribution in [1.29, 1.82) is 0 Å². The van der Waals surface area contributed by atoms with Crippen LogP contribution in [0.3, 0.4) is 0 Å². The van der Waals surface area contributed by atoms with E-state index in [1.807, 2.05) is 45.3 Å². The van der Waals surface area contributed by atoms with Gasteiger partial charge in [0.2, 0.25) is 0 Å². The predicted molar refractivity (Wildman–Crippen MR) is 88.2 cm³/mol. The molecule has 0 aliphatic carbocycles. The van der Waals surface area contributed by atoms with E-state index in [0.717, 1.165) is 24.3 Å². The molecule has 2 N–H and O–H groups in total. The minimum absolute atomic E-state index is 0.267. The molecule has 2 rings (SSSR count). The van der Waals surface area contributed by atoms with E-state index < -0.39 is 0 Å². The summed E-state index contributed by atoms with van der Waals surface area (Å²) in [6.45, 7) is 3.67. The second-order valence-corrected chi connectivity index (χ2v) is 5.34. The zero-order chi connectivity index (χ0) is 15.9. The molecule has 22 heavy (non-hydrogen) atoms. The molecule has 0 saturated heterocycles. The van der Waals surface area contributed by atoms with E-state index in [1.165, 1.54) is 6.20 Å². The highest BCUT2D eigenvalue weighted by Gasteiger charge is 2.08. The van der Waals surface area contributed by atoms with Gasteiger partial charge in [0.15, 0.2) is 0 Å². The van der Waals surface area contributed by atoms with Crippen LogP contribution in [0, 0.1) is 6.92 Å². The van der Waals surface area contributed by atoms with Crippen molar-refractivity contribution in [3.63, 3.8) is 0 Å². The maximum atomic E-state index is 12.1. The molecule has 0 aliphatic rings. The van der Waals surface area contributed by atoms with Crippen molar-refractivity contribution in [1.82, 2.24) is 14.9 Å². The van der Waals surface area contributed by atoms with Crippen LogP contribution in [0.2, 0.25) is 0 Å². The number of amides is 1. The van der Waals surface area contributed by atoms with Crippen molar-refractivity contribution in [2.45, 2.75) is 6.92 Å². The van der Waals surface area contributed by atoms with Crippen molar-refractivity contribution in [2.24, 2.45) is 0 Å². The Morgan fingerprint density at radius 2 is 1.86 bits per heavy atom. The van der Waals surface area contributed by atoms with Crippen LogP contribution in [0.1, 0.15) is 16.1 Å². The molecule has 0 bridgehead atoms. The summed E-state index contributed by atoms with van der Waals surface area (Å²) in [5.41, 5.74) is 2.18. The van der Waals surface area contributed by atoms with Crippen LogP contribution in [-0.2, 0) is 0 Å². The summed E-state index contributed by atoms with van der Waals surface area (Å²) in [6.07, 6.45) is 3.04. The Bertz CT molecular complexity index is 607. The fourth-order valence-corrected chi connectivity index (χ4v) is 1.78. The Labute approximate surface area is 130 Å². The van der Waals surface area contributed by atoms with E-state index in [-0.39, 0.29) is 5.91 Å². The molecule has 2 aromatic rings. The smallest absolute Gasteiger partial charge is 0.275 e. The first kappa shape index (κ1) is 15.9. The highest BCUT2D eigenvalue weighted by atomic mass is 16.1. The third-order valence-corrected chi connectivity index (χ3v) is 3.06. The molecule has 0 saturated carbocycles. The van der Waals surface area contributed by atoms with Crippen LogP contribution in [0.25, 0.3) is 0 Å². The molecule has 0 fully saturated rings. The van der Waals surface area contributed by atoms with Gasteiger partial charge in [-0.2, -0.15) is 0 Å². The third kappa shape index (κ3) is 4.82. The summed E-state index contributed by atoms with van der Waals surface area (Å²) >= 11 is 0. The number of anilines is 2. The molecule has 0 atom stereocenters. The van der Waals surface area contributed by atoms with Gasteiger partial charge in [-0.1, -0.05) is 17.7 Å². The Morgan fingerprint density at radius 3 is 2.45 bits per heavy atom. The lowest BCUT2D eigenvalue weighted by Gasteiger charge is -2.10. The lowest BCUT2D eigenvalue weighted by molar-refractivity contribution is 0.102. The Balaban J connectivity index is 1.91. The van der Waals surface area contributed by atoms with Gasteiger partial charge in [-0.25, -0.2) is 9.97 Å². The van der Waals surface area contributed by atoms with E-state index in [4.69, 9.17) is 0 Å². The highest BCUT2D eigenvalue weighted by Crippen LogP contribution is 2.10. The average molecular weight is 299 g/mol. The highest BCUT2D eigenvalue weighted by molar-refractivity contribution is 6.02. The summed E-state index contributed by atoms with van der Waals surface area (Å²) < 4.78 is 0. The van der Waals surface area contributed by atoms with Gasteiger partial charge >= 0.3 is 0 Å². The predicted octanol–water partition coefficient (Wildman–Crippen LogP) is 2.01. The molecule has 1 heterocycles. The van der Waals surface area contributed by atoms with Crippen molar-refractivity contribution in [3.8, 4) is 0 Å². The molecule has 0 spiro atoms. The minimum Gasteiger partial charge on any atom is -0.368 e. The standard InChI is InChI=1S/C16H21N5O/c1-12-4-6-13(7-5-12)20-16(22)14-10-19-15(11-18-14)17-8-9-21(2)3/h4-7,10-11H,8-9H2,1-3H3,(H,17,19)(H,20,22). The molecule has 116 valence electrons. The fraction of sp³-hybridized carbons (Fsp3) is 0.312. The number of hydrogen-bond donors (Lipinski definition) is 2. The lowest BCUT2D eigenvalue weighted by Crippen LogP contribution is -2.21. The minimum atomic E-state index is -0.267. The van der Waals surface area contributed by atoms with E-state index in [0.29, 0.717) is 11.5 Å². The molecule has 1 aromatic carbocycles. The molecule has 0 unspecified atom stereocenters. The van der Waals surface area contributed by atoms with Gasteiger partial charge in [-0.15, -0.1) is 0 Å². The van der Waals surface area contributed by atoms with Gasteiger partial charge in [0, 0.05) is 18.8 Å². The van der Waals surface area contributed by atoms with Gasteiger partial charge in [0.25, 0.3) is 5.91 Å². The summed E-state index contributed by atoms with van der Waals surface area (Å²) in [5.74, 6) is 0.393. The number of aryl methyl sites for hydroxylation is 1. The number of rotatable bonds is 6. The van der Waals surface area contributed by atoms with Crippen LogP contribution in [0.5, 0.6) is 0 Å². The first-order valence-electron chi connectivity index (χ1n) is 7.13. The maximum Gasteiger partial charge on any atom is 0.275 e. The monoisotopic (exact) mass is 299 g/mol. The van der Waals surface area contributed by atoms with Crippen LogP contribution >= 0.6 is 0 Å². The Hall–Kier alpha value is -2.47. The molecule has 6 heteroatoms. The Morgan fingerprint density at radius 1 is 1.14 bits per heavy atom. The van der Waals surface area contributed by atoms with E-state index in [2.05, 4.69) is 25.5 Å². The van der Waals surface area contributed by atoms with E-state index in [1.54, 1.807) is 6.20 Å². The number of nitrogens with one attached hydrogen (secondary N) is 2. The molecule has 6 nitrogen and oxygen atoms in total. The second-order valence-electron chi connectivity index (χ2n) is 5.34. The topological polar surface area (TPSA) is 70.2 Å². The number of carbonyl (C=O) groups excluding carboxylic acids is 1. The first-order valence-corrected chi connectivity index (χ1v) is 7.13. The largest absolute Gasteiger partial charge is 0.368 e. The van der Waals surface area contributed by atoms with E-state index >= 15 is 0 Å². The Kier molecular flexibility index (Phi) is 5.43. The van der Waals surface area contributed by atoms with Crippen molar-refractivity contribution >= 4 is 17.4 Å². The normalized spacial score (nSPS) is 10.5. The van der Waals surface area contributed by atoms with Crippen LogP contribution in [0.4, 0.5) is 11.5 Å². The second kappa shape index (κ2) is 7.51. The van der Waals surface area contributed by atoms with Crippen LogP contribution in [-0.4, -0.2) is 48.0 Å². The summed E-state index contributed by atoms with van der Waals surface area (Å²) in [6, 6.07) is 7.60. The zero-order valence-electron chi connectivity index (χ0n) is 13.1. The summed E-state index contributed by atoms with van der Waals surface area (Å²) in [4.78, 5) is 22.5. The summed E-state index contributed by atoms with van der Waals surface area (Å²) in [5, 5.41) is 5.95. The molecular formula is C16H21N5O. The van der Waals surface area contributed by atoms with Crippen molar-refractivity contribution in [2.75, 3.05) is 37.8 Å². The van der Waals surface area contributed by atoms with E-state index in [9.17, 15) is 4.79 Å². The molecule has 1 aromatic heterocycles. The van der Waals surface area contributed by atoms with Gasteiger partial charge in [-0.05, 0) is 33.2 Å². The number of hydrogen-bond acceptors (Lipinski definition) is 5. The number of likely N-dealkylation sites (N-methyl/N-ethyl adjacent to an activating group) is 1. The summed E-state index contributed by atoms with van der Waals surface area (Å²) in [7, 11) is 4.01. The van der Waals surface area contributed by atoms with Gasteiger partial charge < -0.3 is 15.5 Å². The molecule has 0 aliphatic heterocycles. The van der Waals surface area contributed by atoms with Crippen molar-refractivity contribution < 1.29 is 4.79 Å². The van der Waals surface area contributed by atoms with Gasteiger partial charge in [0.1, 0.15) is 11.5 Å². The van der Waals surface area contributed by atoms with Crippen LogP contribution in [0.15, 0.2) is 36.7 Å². The zero-order valence-corrected chi connectivity index (χ0v) is 13.1. The number of carbonyl (C=O) groups is 1. The average Bonchev–Trinajstić information content (AvgIpc) is 2.50. The molecule has 1 amide bonds.